The minimum Gasteiger partial charge on any atom is -0.456 e. The van der Waals surface area contributed by atoms with Crippen LogP contribution in [-0.4, -0.2) is 71.3 Å². The topological polar surface area (TPSA) is 162 Å². The minimum atomic E-state index is -2.22. The first-order valence-corrected chi connectivity index (χ1v) is 13.4. The van der Waals surface area contributed by atoms with Gasteiger partial charge in [-0.1, -0.05) is 13.0 Å². The second kappa shape index (κ2) is 11.0. The van der Waals surface area contributed by atoms with E-state index < -0.39 is 88.2 Å². The van der Waals surface area contributed by atoms with Crippen LogP contribution in [0.5, 0.6) is 0 Å². The summed E-state index contributed by atoms with van der Waals surface area (Å²) in [7, 11) is 0. The number of nitrogens with one attached hydrogen (secondary N) is 1. The van der Waals surface area contributed by atoms with E-state index in [0.29, 0.717) is 12.8 Å². The van der Waals surface area contributed by atoms with Crippen molar-refractivity contribution in [1.82, 2.24) is 5.32 Å². The normalized spacial score (nSPS) is 37.9. The van der Waals surface area contributed by atoms with Gasteiger partial charge in [-0.3, -0.25) is 19.2 Å². The van der Waals surface area contributed by atoms with E-state index in [1.54, 1.807) is 6.92 Å². The fourth-order valence-corrected chi connectivity index (χ4v) is 7.66. The number of fused-ring (bicyclic) bond motifs is 5. The van der Waals surface area contributed by atoms with Crippen LogP contribution in [0.4, 0.5) is 8.78 Å². The van der Waals surface area contributed by atoms with Crippen LogP contribution in [0.25, 0.3) is 0 Å². The van der Waals surface area contributed by atoms with E-state index in [-0.39, 0.29) is 37.9 Å². The number of aliphatic hydroxyl groups is 1. The maximum Gasteiger partial charge on any atom is 0.325 e. The number of nitrogens with zero attached hydrogens (tertiary/aromatic N) is 1. The van der Waals surface area contributed by atoms with Crippen LogP contribution in [0.15, 0.2) is 23.8 Å². The van der Waals surface area contributed by atoms with Crippen LogP contribution < -0.4 is 5.32 Å². The van der Waals surface area contributed by atoms with Gasteiger partial charge in [0.25, 0.3) is 5.09 Å². The Hall–Kier alpha value is -3.22. The zero-order valence-corrected chi connectivity index (χ0v) is 22.4. The Kier molecular flexibility index (Phi) is 8.17. The number of carbonyl (C=O) groups excluding carboxylic acids is 4. The van der Waals surface area contributed by atoms with Crippen molar-refractivity contribution >= 4 is 23.4 Å². The molecule has 0 aliphatic heterocycles. The number of hydrogen-bond donors (Lipinski definition) is 2. The molecule has 11 nitrogen and oxygen atoms in total. The predicted molar refractivity (Wildman–Crippen MR) is 133 cm³/mol. The first-order valence-electron chi connectivity index (χ1n) is 13.4. The van der Waals surface area contributed by atoms with E-state index in [2.05, 4.69) is 10.2 Å². The molecule has 4 rings (SSSR count). The zero-order chi connectivity index (χ0) is 29.5. The number of ketones is 2. The number of aliphatic hydroxyl groups excluding tert-OH is 1. The molecule has 2 N–H and O–H groups in total. The van der Waals surface area contributed by atoms with E-state index >= 15 is 8.78 Å². The van der Waals surface area contributed by atoms with Crippen LogP contribution in [0.1, 0.15) is 52.4 Å². The van der Waals surface area contributed by atoms with Crippen molar-refractivity contribution in [3.8, 4) is 0 Å². The molecule has 0 saturated heterocycles. The fraction of sp³-hybridized carbons (Fsp3) is 0.704. The Morgan fingerprint density at radius 3 is 2.67 bits per heavy atom. The molecule has 220 valence electrons. The van der Waals surface area contributed by atoms with Crippen molar-refractivity contribution < 1.29 is 47.7 Å². The van der Waals surface area contributed by atoms with Crippen LogP contribution >= 0.6 is 0 Å². The van der Waals surface area contributed by atoms with Gasteiger partial charge in [0.05, 0.1) is 12.7 Å². The number of esters is 1. The molecule has 1 amide bonds. The average Bonchev–Trinajstić information content (AvgIpc) is 3.23. The van der Waals surface area contributed by atoms with E-state index in [1.165, 1.54) is 19.1 Å². The molecule has 3 fully saturated rings. The highest BCUT2D eigenvalue weighted by atomic mass is 19.1. The van der Waals surface area contributed by atoms with Gasteiger partial charge in [-0.15, -0.1) is 10.1 Å². The van der Waals surface area contributed by atoms with Crippen molar-refractivity contribution in [2.45, 2.75) is 70.3 Å². The molecule has 13 heteroatoms. The predicted octanol–water partition coefficient (Wildman–Crippen LogP) is 2.14. The lowest BCUT2D eigenvalue weighted by molar-refractivity contribution is -0.757. The Morgan fingerprint density at radius 1 is 1.25 bits per heavy atom. The molecule has 8 atom stereocenters. The smallest absolute Gasteiger partial charge is 0.325 e. The number of carbonyl (C=O) groups is 4. The van der Waals surface area contributed by atoms with Gasteiger partial charge >= 0.3 is 5.97 Å². The summed E-state index contributed by atoms with van der Waals surface area (Å²) in [5.74, 6) is -4.16. The van der Waals surface area contributed by atoms with E-state index in [9.17, 15) is 34.4 Å². The summed E-state index contributed by atoms with van der Waals surface area (Å²) in [6.45, 7) is 1.98. The van der Waals surface area contributed by atoms with Gasteiger partial charge in [0.15, 0.2) is 17.2 Å². The molecular formula is C27H34F2N2O9. The summed E-state index contributed by atoms with van der Waals surface area (Å²) in [5, 5.41) is 22.7. The van der Waals surface area contributed by atoms with Gasteiger partial charge in [-0.25, -0.2) is 8.78 Å². The van der Waals surface area contributed by atoms with Crippen molar-refractivity contribution in [1.29, 1.82) is 0 Å². The molecule has 0 heterocycles. The number of alkyl halides is 2. The summed E-state index contributed by atoms with van der Waals surface area (Å²) in [4.78, 5) is 63.1. The molecule has 6 unspecified atom stereocenters. The van der Waals surface area contributed by atoms with E-state index in [4.69, 9.17) is 4.74 Å². The van der Waals surface area contributed by atoms with Gasteiger partial charge in [0.2, 0.25) is 5.91 Å². The van der Waals surface area contributed by atoms with Crippen molar-refractivity contribution in [2.75, 3.05) is 19.8 Å². The van der Waals surface area contributed by atoms with Gasteiger partial charge in [-0.05, 0) is 68.1 Å². The van der Waals surface area contributed by atoms with Crippen LogP contribution in [0.2, 0.25) is 0 Å². The van der Waals surface area contributed by atoms with Gasteiger partial charge in [0, 0.05) is 23.7 Å². The average molecular weight is 569 g/mol. The summed E-state index contributed by atoms with van der Waals surface area (Å²) in [5.41, 5.74) is -4.53. The van der Waals surface area contributed by atoms with Crippen molar-refractivity contribution in [2.24, 2.45) is 28.6 Å². The number of halogens is 2. The Balaban J connectivity index is 1.37. The number of Topliss-reactive ketones (excluding diaryl/α,β-unsaturated/α-hetero) is 1. The number of ether oxygens (including phenoxy) is 1. The van der Waals surface area contributed by atoms with Crippen LogP contribution in [0, 0.1) is 38.7 Å². The lowest BCUT2D eigenvalue weighted by atomic mass is 9.45. The third-order valence-electron chi connectivity index (χ3n) is 9.56. The summed E-state index contributed by atoms with van der Waals surface area (Å²) < 4.78 is 37.5. The van der Waals surface area contributed by atoms with Gasteiger partial charge in [0.1, 0.15) is 19.3 Å². The third kappa shape index (κ3) is 5.04. The lowest BCUT2D eigenvalue weighted by Crippen LogP contribution is -2.68. The molecule has 0 aromatic heterocycles. The molecule has 4 aliphatic rings. The largest absolute Gasteiger partial charge is 0.456 e. The van der Waals surface area contributed by atoms with Crippen molar-refractivity contribution in [3.63, 3.8) is 0 Å². The fourth-order valence-electron chi connectivity index (χ4n) is 7.66. The molecule has 0 bridgehead atoms. The standard InChI is InChI=1S/C27H34F2N2O9/c1-25-12-22(34)27(29)18(11-20(28)19-10-15(32)7-8-26(19,27)2)16(25)5-6-17(25)21(33)14-39-24(36)13-30-23(35)4-3-9-40-31(37)38/h7-8,10,16-18,20,22,34H,3-6,9,11-14H2,1-2H3,(H,30,35)/t16?,17?,18?,20-,22?,25?,26?,27-/m0/s1. The highest BCUT2D eigenvalue weighted by molar-refractivity contribution is 6.01. The quantitative estimate of drug-likeness (QED) is 0.174. The Morgan fingerprint density at radius 2 is 1.98 bits per heavy atom. The van der Waals surface area contributed by atoms with Gasteiger partial charge in [-0.2, -0.15) is 0 Å². The van der Waals surface area contributed by atoms with Crippen LogP contribution in [0.3, 0.4) is 0 Å². The molecule has 3 saturated carbocycles. The highest BCUT2D eigenvalue weighted by Gasteiger charge is 2.72. The monoisotopic (exact) mass is 568 g/mol. The molecule has 0 aromatic rings. The first-order chi connectivity index (χ1) is 18.7. The molecule has 0 spiro atoms. The molecule has 0 aromatic carbocycles. The second-order valence-corrected chi connectivity index (χ2v) is 11.6. The Bertz CT molecular complexity index is 1160. The highest BCUT2D eigenvalue weighted by Crippen LogP contribution is 2.69. The number of hydrogen-bond acceptors (Lipinski definition) is 9. The molecular weight excluding hydrogens is 534 g/mol. The third-order valence-corrected chi connectivity index (χ3v) is 9.56. The number of amides is 1. The minimum absolute atomic E-state index is 0.0379. The molecule has 4 aliphatic carbocycles. The lowest BCUT2D eigenvalue weighted by Gasteiger charge is -2.62. The van der Waals surface area contributed by atoms with Gasteiger partial charge < -0.3 is 20.0 Å². The zero-order valence-electron chi connectivity index (χ0n) is 22.4. The number of allylic oxidation sites excluding steroid dienone is 4. The summed E-state index contributed by atoms with van der Waals surface area (Å²) in [6, 6.07) is 0. The van der Waals surface area contributed by atoms with E-state index in [0.717, 1.165) is 6.08 Å². The maximum absolute atomic E-state index is 17.1. The Labute approximate surface area is 229 Å². The SMILES string of the molecule is CC12CC(O)[C@@]3(F)C(C[C@H](F)C4=CC(=O)C=CC43C)C1CCC2C(=O)COC(=O)CNC(=O)CCCO[N+](=O)[O-]. The second-order valence-electron chi connectivity index (χ2n) is 11.6. The first kappa shape index (κ1) is 29.8. The molecule has 0 radical (unpaired) electrons. The molecule has 40 heavy (non-hydrogen) atoms. The van der Waals surface area contributed by atoms with Crippen molar-refractivity contribution in [3.05, 3.63) is 33.9 Å². The van der Waals surface area contributed by atoms with Crippen LogP contribution in [-0.2, 0) is 28.8 Å². The number of rotatable bonds is 10. The maximum atomic E-state index is 17.1. The summed E-state index contributed by atoms with van der Waals surface area (Å²) in [6.07, 6.45) is 1.15. The van der Waals surface area contributed by atoms with E-state index in [1.807, 2.05) is 0 Å². The summed E-state index contributed by atoms with van der Waals surface area (Å²) >= 11 is 0.